The molecule has 4 rings (SSSR count). The summed E-state index contributed by atoms with van der Waals surface area (Å²) in [6, 6.07) is 6.08. The van der Waals surface area contributed by atoms with Crippen LogP contribution in [0.5, 0.6) is 0 Å². The fourth-order valence-corrected chi connectivity index (χ4v) is 2.21. The number of hydrogen-bond donors (Lipinski definition) is 2. The van der Waals surface area contributed by atoms with Gasteiger partial charge < -0.3 is 9.97 Å². The maximum Gasteiger partial charge on any atom is 0.140 e. The summed E-state index contributed by atoms with van der Waals surface area (Å²) in [5.41, 5.74) is 2.83. The van der Waals surface area contributed by atoms with Crippen LogP contribution < -0.4 is 0 Å². The number of aromatic nitrogens is 4. The lowest BCUT2D eigenvalue weighted by Crippen LogP contribution is -1.76. The molecule has 0 aliphatic carbocycles. The zero-order chi connectivity index (χ0) is 10.5. The van der Waals surface area contributed by atoms with Crippen molar-refractivity contribution in [2.45, 2.75) is 0 Å². The first-order valence-electron chi connectivity index (χ1n) is 5.12. The quantitative estimate of drug-likeness (QED) is 0.466. The molecule has 0 atom stereocenters. The van der Waals surface area contributed by atoms with Crippen LogP contribution in [0.25, 0.3) is 33.0 Å². The Hall–Kier alpha value is -2.36. The highest BCUT2D eigenvalue weighted by atomic mass is 14.9. The molecular weight excluding hydrogens is 200 g/mol. The second kappa shape index (κ2) is 2.61. The van der Waals surface area contributed by atoms with Gasteiger partial charge in [-0.05, 0) is 18.2 Å². The van der Waals surface area contributed by atoms with E-state index in [1.165, 1.54) is 5.39 Å². The monoisotopic (exact) mass is 208 g/mol. The Balaban J connectivity index is 2.42. The molecule has 2 N–H and O–H groups in total. The van der Waals surface area contributed by atoms with E-state index in [0.717, 1.165) is 27.6 Å². The van der Waals surface area contributed by atoms with Crippen LogP contribution in [0.2, 0.25) is 0 Å². The number of hydrogen-bond acceptors (Lipinski definition) is 2. The zero-order valence-electron chi connectivity index (χ0n) is 8.36. The lowest BCUT2D eigenvalue weighted by molar-refractivity contribution is 1.30. The fourth-order valence-electron chi connectivity index (χ4n) is 2.21. The molecule has 4 heterocycles. The number of aromatic amines is 2. The molecule has 0 aliphatic heterocycles. The topological polar surface area (TPSA) is 57.4 Å². The largest absolute Gasteiger partial charge is 0.360 e. The molecular formula is C12H8N4. The summed E-state index contributed by atoms with van der Waals surface area (Å²) < 4.78 is 0. The van der Waals surface area contributed by atoms with E-state index in [1.54, 1.807) is 6.20 Å². The first-order chi connectivity index (χ1) is 7.93. The van der Waals surface area contributed by atoms with Gasteiger partial charge in [-0.2, -0.15) is 0 Å². The lowest BCUT2D eigenvalue weighted by atomic mass is 10.2. The first kappa shape index (κ1) is 7.87. The summed E-state index contributed by atoms with van der Waals surface area (Å²) in [6.45, 7) is 0. The maximum absolute atomic E-state index is 4.39. The molecule has 0 fully saturated rings. The van der Waals surface area contributed by atoms with Gasteiger partial charge >= 0.3 is 0 Å². The average Bonchev–Trinajstić information content (AvgIpc) is 2.91. The third-order valence-electron chi connectivity index (χ3n) is 2.92. The molecule has 76 valence electrons. The second-order valence-electron chi connectivity index (χ2n) is 3.81. The third-order valence-corrected chi connectivity index (χ3v) is 2.92. The van der Waals surface area contributed by atoms with Crippen LogP contribution in [0.4, 0.5) is 0 Å². The minimum atomic E-state index is 0.888. The normalized spacial score (nSPS) is 11.8. The molecule has 0 aromatic carbocycles. The van der Waals surface area contributed by atoms with Crippen molar-refractivity contribution in [1.82, 2.24) is 19.9 Å². The van der Waals surface area contributed by atoms with Crippen LogP contribution in [0, 0.1) is 0 Å². The van der Waals surface area contributed by atoms with Crippen molar-refractivity contribution in [3.05, 3.63) is 36.8 Å². The van der Waals surface area contributed by atoms with Crippen LogP contribution in [0.1, 0.15) is 0 Å². The molecule has 4 aromatic rings. The number of nitrogens with one attached hydrogen (secondary N) is 2. The molecule has 4 heteroatoms. The Morgan fingerprint density at radius 3 is 3.00 bits per heavy atom. The molecule has 0 unspecified atom stereocenters. The summed E-state index contributed by atoms with van der Waals surface area (Å²) in [5.74, 6) is 0. The Labute approximate surface area is 90.3 Å². The Kier molecular flexibility index (Phi) is 1.28. The van der Waals surface area contributed by atoms with Gasteiger partial charge in [0, 0.05) is 28.6 Å². The summed E-state index contributed by atoms with van der Waals surface area (Å²) in [6.07, 6.45) is 5.56. The number of nitrogens with zero attached hydrogens (tertiary/aromatic N) is 2. The van der Waals surface area contributed by atoms with Crippen LogP contribution in [0.15, 0.2) is 36.8 Å². The van der Waals surface area contributed by atoms with E-state index in [1.807, 2.05) is 18.5 Å². The van der Waals surface area contributed by atoms with E-state index in [2.05, 4.69) is 32.1 Å². The Morgan fingerprint density at radius 1 is 1.00 bits per heavy atom. The predicted molar refractivity (Wildman–Crippen MR) is 63.3 cm³/mol. The average molecular weight is 208 g/mol. The highest BCUT2D eigenvalue weighted by Crippen LogP contribution is 2.28. The molecule has 16 heavy (non-hydrogen) atoms. The SMILES string of the molecule is c1cnc2[nH]c3ncc4[nH]ccc4c3c2c1. The zero-order valence-corrected chi connectivity index (χ0v) is 8.36. The molecule has 0 saturated heterocycles. The highest BCUT2D eigenvalue weighted by molar-refractivity contribution is 6.17. The van der Waals surface area contributed by atoms with Gasteiger partial charge in [-0.15, -0.1) is 0 Å². The Morgan fingerprint density at radius 2 is 2.00 bits per heavy atom. The number of pyridine rings is 2. The van der Waals surface area contributed by atoms with E-state index in [9.17, 15) is 0 Å². The lowest BCUT2D eigenvalue weighted by Gasteiger charge is -1.92. The third kappa shape index (κ3) is 0.839. The minimum Gasteiger partial charge on any atom is -0.360 e. The number of rotatable bonds is 0. The van der Waals surface area contributed by atoms with Crippen molar-refractivity contribution < 1.29 is 0 Å². The number of H-pyrrole nitrogens is 2. The first-order valence-corrected chi connectivity index (χ1v) is 5.12. The molecule has 0 spiro atoms. The highest BCUT2D eigenvalue weighted by Gasteiger charge is 2.09. The van der Waals surface area contributed by atoms with Crippen molar-refractivity contribution >= 4 is 33.0 Å². The standard InChI is InChI=1S/C12H8N4/c1-2-8-10-7-3-5-13-9(7)6-15-12(10)16-11(8)14-4-1/h1-6,13H,(H,14,15,16). The minimum absolute atomic E-state index is 0.888. The van der Waals surface area contributed by atoms with Crippen LogP contribution >= 0.6 is 0 Å². The van der Waals surface area contributed by atoms with Gasteiger partial charge in [-0.3, -0.25) is 0 Å². The summed E-state index contributed by atoms with van der Waals surface area (Å²) >= 11 is 0. The van der Waals surface area contributed by atoms with Crippen LogP contribution in [-0.2, 0) is 0 Å². The van der Waals surface area contributed by atoms with Gasteiger partial charge in [-0.1, -0.05) is 0 Å². The second-order valence-corrected chi connectivity index (χ2v) is 3.81. The van der Waals surface area contributed by atoms with E-state index in [-0.39, 0.29) is 0 Å². The summed E-state index contributed by atoms with van der Waals surface area (Å²) in [7, 11) is 0. The van der Waals surface area contributed by atoms with E-state index in [4.69, 9.17) is 0 Å². The smallest absolute Gasteiger partial charge is 0.140 e. The summed E-state index contributed by atoms with van der Waals surface area (Å²) in [5, 5.41) is 3.45. The molecule has 0 saturated carbocycles. The van der Waals surface area contributed by atoms with Crippen molar-refractivity contribution in [1.29, 1.82) is 0 Å². The van der Waals surface area contributed by atoms with Crippen molar-refractivity contribution in [2.75, 3.05) is 0 Å². The van der Waals surface area contributed by atoms with E-state index in [0.29, 0.717) is 0 Å². The molecule has 0 radical (unpaired) electrons. The van der Waals surface area contributed by atoms with Gasteiger partial charge in [0.25, 0.3) is 0 Å². The van der Waals surface area contributed by atoms with Gasteiger partial charge in [0.1, 0.15) is 11.3 Å². The Bertz CT molecular complexity index is 809. The van der Waals surface area contributed by atoms with Crippen LogP contribution in [-0.4, -0.2) is 19.9 Å². The maximum atomic E-state index is 4.39. The molecule has 0 amide bonds. The predicted octanol–water partition coefficient (Wildman–Crippen LogP) is 2.59. The van der Waals surface area contributed by atoms with Gasteiger partial charge in [0.15, 0.2) is 0 Å². The summed E-state index contributed by atoms with van der Waals surface area (Å²) in [4.78, 5) is 15.1. The van der Waals surface area contributed by atoms with Gasteiger partial charge in [-0.25, -0.2) is 9.97 Å². The molecule has 4 nitrogen and oxygen atoms in total. The van der Waals surface area contributed by atoms with Gasteiger partial charge in [0.05, 0.1) is 11.7 Å². The van der Waals surface area contributed by atoms with Crippen LogP contribution in [0.3, 0.4) is 0 Å². The van der Waals surface area contributed by atoms with Gasteiger partial charge in [0.2, 0.25) is 0 Å². The van der Waals surface area contributed by atoms with Crippen molar-refractivity contribution in [2.24, 2.45) is 0 Å². The number of fused-ring (bicyclic) bond motifs is 5. The van der Waals surface area contributed by atoms with Crippen molar-refractivity contribution in [3.8, 4) is 0 Å². The fraction of sp³-hybridized carbons (Fsp3) is 0. The van der Waals surface area contributed by atoms with E-state index >= 15 is 0 Å². The molecule has 0 aliphatic rings. The molecule has 4 aromatic heterocycles. The van der Waals surface area contributed by atoms with E-state index < -0.39 is 0 Å². The van der Waals surface area contributed by atoms with Crippen molar-refractivity contribution in [3.63, 3.8) is 0 Å². The molecule has 0 bridgehead atoms.